The minimum atomic E-state index is -4.27. The summed E-state index contributed by atoms with van der Waals surface area (Å²) in [5.41, 5.74) is 2.15. The van der Waals surface area contributed by atoms with Gasteiger partial charge in [-0.05, 0) is 44.0 Å². The molecule has 0 bridgehead atoms. The van der Waals surface area contributed by atoms with Gasteiger partial charge in [0.25, 0.3) is 0 Å². The first-order valence-corrected chi connectivity index (χ1v) is 19.4. The highest BCUT2D eigenvalue weighted by molar-refractivity contribution is 7.85. The number of amides is 2. The van der Waals surface area contributed by atoms with Crippen LogP contribution in [0.25, 0.3) is 0 Å². The number of nitrogens with one attached hydrogen (secondary N) is 1. The molecule has 1 saturated heterocycles. The molecule has 1 fully saturated rings. The minimum absolute atomic E-state index is 0.178. The van der Waals surface area contributed by atoms with Gasteiger partial charge in [0.05, 0.1) is 18.5 Å². The molecule has 1 aliphatic heterocycles. The van der Waals surface area contributed by atoms with E-state index in [1.165, 1.54) is 88.4 Å². The second-order valence-corrected chi connectivity index (χ2v) is 14.7. The Kier molecular flexibility index (Phi) is 19.6. The van der Waals surface area contributed by atoms with Crippen LogP contribution in [0.2, 0.25) is 0 Å². The Bertz CT molecular complexity index is 1250. The minimum Gasteiger partial charge on any atom is -0.744 e. The van der Waals surface area contributed by atoms with Crippen LogP contribution in [-0.4, -0.2) is 63.0 Å². The lowest BCUT2D eigenvalue weighted by Gasteiger charge is -2.37. The maximum Gasteiger partial charge on any atom is 0.226 e. The summed E-state index contributed by atoms with van der Waals surface area (Å²) in [6, 6.07) is 16.2. The Morgan fingerprint density at radius 1 is 0.830 bits per heavy atom. The zero-order valence-corrected chi connectivity index (χ0v) is 30.2. The number of carbonyl (C=O) groups excluding carboxylic acids is 2. The van der Waals surface area contributed by atoms with Crippen molar-refractivity contribution in [1.82, 2.24) is 14.7 Å². The van der Waals surface area contributed by atoms with Crippen LogP contribution in [0.5, 0.6) is 0 Å². The molecule has 3 rings (SSSR count). The van der Waals surface area contributed by atoms with E-state index in [-0.39, 0.29) is 16.7 Å². The number of para-hydroxylation sites is 1. The van der Waals surface area contributed by atoms with Crippen molar-refractivity contribution in [2.24, 2.45) is 0 Å². The van der Waals surface area contributed by atoms with E-state index in [9.17, 15) is 22.6 Å². The molecule has 9 heteroatoms. The summed E-state index contributed by atoms with van der Waals surface area (Å²) in [5, 5.41) is 3.12. The summed E-state index contributed by atoms with van der Waals surface area (Å²) in [6.45, 7) is 7.25. The van der Waals surface area contributed by atoms with Crippen molar-refractivity contribution < 1.29 is 22.6 Å². The molecule has 1 unspecified atom stereocenters. The Morgan fingerprint density at radius 2 is 1.38 bits per heavy atom. The predicted octanol–water partition coefficient (Wildman–Crippen LogP) is 8.09. The maximum absolute atomic E-state index is 12.3. The molecule has 1 aliphatic rings. The van der Waals surface area contributed by atoms with Crippen LogP contribution in [0.3, 0.4) is 0 Å². The lowest BCUT2D eigenvalue weighted by Crippen LogP contribution is -2.54. The van der Waals surface area contributed by atoms with Gasteiger partial charge in [-0.25, -0.2) is 8.42 Å². The van der Waals surface area contributed by atoms with Crippen molar-refractivity contribution in [3.05, 3.63) is 60.2 Å². The van der Waals surface area contributed by atoms with Gasteiger partial charge in [0, 0.05) is 32.4 Å². The Labute approximate surface area is 285 Å². The number of unbranched alkanes of at least 4 members (excludes halogenated alkanes) is 12. The molecular formula is C38H61N3O5S. The van der Waals surface area contributed by atoms with Gasteiger partial charge in [-0.2, -0.15) is 0 Å². The van der Waals surface area contributed by atoms with Crippen LogP contribution in [0.4, 0.5) is 5.69 Å². The fourth-order valence-electron chi connectivity index (χ4n) is 6.05. The molecule has 0 spiro atoms. The van der Waals surface area contributed by atoms with Crippen molar-refractivity contribution >= 4 is 27.6 Å². The number of quaternary nitrogens is 1. The van der Waals surface area contributed by atoms with Crippen molar-refractivity contribution in [3.8, 4) is 0 Å². The number of nitrogens with zero attached hydrogens (tertiary/aromatic N) is 2. The number of likely N-dealkylation sites (tertiary alicyclic amines) is 1. The molecular weight excluding hydrogens is 611 g/mol. The second kappa shape index (κ2) is 22.8. The van der Waals surface area contributed by atoms with Gasteiger partial charge in [-0.3, -0.25) is 19.0 Å². The molecule has 0 radical (unpaired) electrons. The van der Waals surface area contributed by atoms with Gasteiger partial charge >= 0.3 is 0 Å². The highest BCUT2D eigenvalue weighted by Crippen LogP contribution is 2.24. The second-order valence-electron chi connectivity index (χ2n) is 13.3. The van der Waals surface area contributed by atoms with Crippen molar-refractivity contribution in [2.75, 3.05) is 33.4 Å². The quantitative estimate of drug-likeness (QED) is 0.0774. The van der Waals surface area contributed by atoms with Gasteiger partial charge in [0.1, 0.15) is 15.8 Å². The van der Waals surface area contributed by atoms with Gasteiger partial charge in [0.2, 0.25) is 11.8 Å². The summed E-state index contributed by atoms with van der Waals surface area (Å²) in [5.74, 6) is 0.447. The lowest BCUT2D eigenvalue weighted by molar-refractivity contribution is -0.129. The number of hydrogen-bond donors (Lipinski definition) is 1. The van der Waals surface area contributed by atoms with E-state index in [4.69, 9.17) is 0 Å². The summed E-state index contributed by atoms with van der Waals surface area (Å²) in [7, 11) is -2.06. The van der Waals surface area contributed by atoms with Gasteiger partial charge in [0.15, 0.2) is 6.67 Å². The fraction of sp³-hybridized carbons (Fsp3) is 0.632. The van der Waals surface area contributed by atoms with Crippen LogP contribution >= 0.6 is 0 Å². The molecule has 1 atom stereocenters. The molecule has 8 nitrogen and oxygen atoms in total. The Hall–Kier alpha value is -2.75. The van der Waals surface area contributed by atoms with Crippen LogP contribution in [-0.2, 0) is 19.7 Å². The molecule has 0 aromatic heterocycles. The summed E-state index contributed by atoms with van der Waals surface area (Å²) in [4.78, 5) is 26.3. The summed E-state index contributed by atoms with van der Waals surface area (Å²) >= 11 is 0. The van der Waals surface area contributed by atoms with E-state index in [2.05, 4.69) is 43.6 Å². The van der Waals surface area contributed by atoms with Crippen LogP contribution in [0, 0.1) is 6.92 Å². The molecule has 1 N–H and O–H groups in total. The third kappa shape index (κ3) is 17.3. The zero-order chi connectivity index (χ0) is 34.4. The topological polar surface area (TPSA) is 107 Å². The number of carbonyl (C=O) groups is 2. The third-order valence-electron chi connectivity index (χ3n) is 9.00. The molecule has 2 amide bonds. The number of aryl methyl sites for hydroxylation is 1. The van der Waals surface area contributed by atoms with E-state index in [0.717, 1.165) is 44.3 Å². The van der Waals surface area contributed by atoms with Gasteiger partial charge in [-0.15, -0.1) is 0 Å². The van der Waals surface area contributed by atoms with E-state index in [1.54, 1.807) is 12.1 Å². The van der Waals surface area contributed by atoms with E-state index in [0.29, 0.717) is 30.5 Å². The largest absolute Gasteiger partial charge is 0.744 e. The smallest absolute Gasteiger partial charge is 0.226 e. The monoisotopic (exact) mass is 671 g/mol. The van der Waals surface area contributed by atoms with E-state index >= 15 is 0 Å². The molecule has 0 saturated carbocycles. The first kappa shape index (κ1) is 40.4. The highest BCUT2D eigenvalue weighted by atomic mass is 32.2. The average Bonchev–Trinajstić information content (AvgIpc) is 3.45. The SMILES string of the molecule is CCCCCCCCCCCCCCCC(=O)NCCC[N+](C)(CN1CCCC1=O)c1ccccc1.Cc1ccc(S(=O)(=O)[O-])cc1. The van der Waals surface area contributed by atoms with Crippen molar-refractivity contribution in [2.45, 2.75) is 128 Å². The summed E-state index contributed by atoms with van der Waals surface area (Å²) < 4.78 is 31.9. The van der Waals surface area contributed by atoms with Gasteiger partial charge in [-0.1, -0.05) is 120 Å². The number of rotatable bonds is 22. The molecule has 264 valence electrons. The van der Waals surface area contributed by atoms with E-state index in [1.807, 2.05) is 17.9 Å². The number of hydrogen-bond acceptors (Lipinski definition) is 5. The summed E-state index contributed by atoms with van der Waals surface area (Å²) in [6.07, 6.45) is 20.4. The third-order valence-corrected chi connectivity index (χ3v) is 9.85. The molecule has 47 heavy (non-hydrogen) atoms. The first-order chi connectivity index (χ1) is 22.5. The number of benzene rings is 2. The lowest BCUT2D eigenvalue weighted by atomic mass is 10.0. The fourth-order valence-corrected chi connectivity index (χ4v) is 6.52. The highest BCUT2D eigenvalue weighted by Gasteiger charge is 2.32. The zero-order valence-electron chi connectivity index (χ0n) is 29.4. The maximum atomic E-state index is 12.3. The average molecular weight is 672 g/mol. The van der Waals surface area contributed by atoms with Crippen LogP contribution < -0.4 is 9.80 Å². The van der Waals surface area contributed by atoms with Crippen molar-refractivity contribution in [1.29, 1.82) is 0 Å². The molecule has 0 aliphatic carbocycles. The molecule has 1 heterocycles. The first-order valence-electron chi connectivity index (χ1n) is 18.0. The molecule has 2 aromatic rings. The normalized spacial score (nSPS) is 14.4. The van der Waals surface area contributed by atoms with E-state index < -0.39 is 10.1 Å². The molecule has 2 aromatic carbocycles. The van der Waals surface area contributed by atoms with Crippen LogP contribution in [0.15, 0.2) is 59.5 Å². The predicted molar refractivity (Wildman–Crippen MR) is 192 cm³/mol. The van der Waals surface area contributed by atoms with Gasteiger partial charge < -0.3 is 9.87 Å². The Morgan fingerprint density at radius 3 is 1.89 bits per heavy atom. The standard InChI is InChI=1S/C31H53N3O2.C7H8O3S/c1-3-4-5-6-7-8-9-10-11-12-13-14-18-23-30(35)32-25-20-27-34(2,29-21-16-15-17-22-29)28-33-26-19-24-31(33)36;1-6-2-4-7(5-3-6)11(8,9)10/h15-17,21-22H,3-14,18-20,23-28H2,1-2H3;2-5H,1H3,(H,8,9,10). The Balaban J connectivity index is 0.000000587. The van der Waals surface area contributed by atoms with Crippen molar-refractivity contribution in [3.63, 3.8) is 0 Å². The van der Waals surface area contributed by atoms with Crippen LogP contribution in [0.1, 0.15) is 122 Å².